The van der Waals surface area contributed by atoms with Crippen LogP contribution in [0.15, 0.2) is 51.0 Å². The van der Waals surface area contributed by atoms with Crippen molar-refractivity contribution in [3.8, 4) is 0 Å². The topological polar surface area (TPSA) is 106 Å². The number of carbonyl (C=O) groups excluding carboxylic acids is 2. The van der Waals surface area contributed by atoms with Gasteiger partial charge >= 0.3 is 6.03 Å². The first-order valence-electron chi connectivity index (χ1n) is 8.91. The van der Waals surface area contributed by atoms with E-state index >= 15 is 0 Å². The first-order chi connectivity index (χ1) is 14.0. The number of aromatic nitrogens is 2. The van der Waals surface area contributed by atoms with Gasteiger partial charge in [-0.1, -0.05) is 30.3 Å². The summed E-state index contributed by atoms with van der Waals surface area (Å²) in [5.74, 6) is -0.00279. The molecule has 152 valence electrons. The highest BCUT2D eigenvalue weighted by Crippen LogP contribution is 2.21. The Morgan fingerprint density at radius 3 is 2.86 bits per heavy atom. The largest absolute Gasteiger partial charge is 0.467 e. The van der Waals surface area contributed by atoms with E-state index in [1.165, 1.54) is 10.8 Å². The van der Waals surface area contributed by atoms with E-state index in [-0.39, 0.29) is 17.9 Å². The molecule has 0 bridgehead atoms. The Morgan fingerprint density at radius 1 is 1.31 bits per heavy atom. The molecule has 0 aliphatic rings. The third-order valence-electron chi connectivity index (χ3n) is 3.90. The number of benzene rings is 1. The van der Waals surface area contributed by atoms with E-state index < -0.39 is 11.9 Å². The average molecular weight is 435 g/mol. The molecule has 8 nitrogen and oxygen atoms in total. The molecule has 1 aromatic carbocycles. The zero-order chi connectivity index (χ0) is 20.8. The highest BCUT2D eigenvalue weighted by molar-refractivity contribution is 7.99. The maximum atomic E-state index is 13.0. The van der Waals surface area contributed by atoms with Crippen LogP contribution in [0.3, 0.4) is 0 Å². The fourth-order valence-corrected chi connectivity index (χ4v) is 3.52. The summed E-state index contributed by atoms with van der Waals surface area (Å²) in [6.07, 6.45) is 2.28. The van der Waals surface area contributed by atoms with Crippen molar-refractivity contribution in [2.75, 3.05) is 12.3 Å². The average Bonchev–Trinajstić information content (AvgIpc) is 3.20. The van der Waals surface area contributed by atoms with Gasteiger partial charge in [0.25, 0.3) is 5.56 Å². The molecule has 0 fully saturated rings. The summed E-state index contributed by atoms with van der Waals surface area (Å²) in [6, 6.07) is 7.76. The molecule has 0 saturated carbocycles. The molecule has 0 radical (unpaired) electrons. The van der Waals surface area contributed by atoms with Gasteiger partial charge in [-0.25, -0.2) is 9.78 Å². The number of nitrogens with zero attached hydrogens (tertiary/aromatic N) is 2. The number of halogens is 1. The van der Waals surface area contributed by atoms with Crippen molar-refractivity contribution in [3.63, 3.8) is 0 Å². The Kier molecular flexibility index (Phi) is 6.95. The second-order valence-corrected chi connectivity index (χ2v) is 7.50. The number of hydrogen-bond acceptors (Lipinski definition) is 6. The van der Waals surface area contributed by atoms with Crippen molar-refractivity contribution in [3.05, 3.63) is 57.7 Å². The number of rotatable bonds is 7. The minimum atomic E-state index is -0.552. The quantitative estimate of drug-likeness (QED) is 0.437. The second-order valence-electron chi connectivity index (χ2n) is 6.12. The van der Waals surface area contributed by atoms with E-state index in [4.69, 9.17) is 16.0 Å². The molecule has 3 aromatic rings. The Bertz CT molecular complexity index is 1080. The number of hydrogen-bond donors (Lipinski definition) is 2. The van der Waals surface area contributed by atoms with Crippen molar-refractivity contribution in [2.24, 2.45) is 0 Å². The van der Waals surface area contributed by atoms with Crippen LogP contribution in [0.1, 0.15) is 19.1 Å². The van der Waals surface area contributed by atoms with E-state index in [1.54, 1.807) is 30.3 Å². The van der Waals surface area contributed by atoms with Gasteiger partial charge in [-0.3, -0.25) is 19.5 Å². The standard InChI is InChI=1S/C19H19ClN4O4S/c1-2-7-21-18(27)23-16(25)11-29-19-22-15-9-12(20)5-6-14(15)17(26)24(19)10-13-4-3-8-28-13/h3-6,8-9H,2,7,10-11H2,1H3,(H2,21,23,25,27). The second kappa shape index (κ2) is 9.62. The first kappa shape index (κ1) is 20.9. The van der Waals surface area contributed by atoms with Crippen LogP contribution in [-0.2, 0) is 11.3 Å². The number of thioether (sulfide) groups is 1. The van der Waals surface area contributed by atoms with Crippen LogP contribution in [-0.4, -0.2) is 33.8 Å². The summed E-state index contributed by atoms with van der Waals surface area (Å²) < 4.78 is 6.78. The van der Waals surface area contributed by atoms with Gasteiger partial charge in [0.2, 0.25) is 5.91 Å². The van der Waals surface area contributed by atoms with Gasteiger partial charge in [-0.15, -0.1) is 0 Å². The fourth-order valence-electron chi connectivity index (χ4n) is 2.56. The fraction of sp³-hybridized carbons (Fsp3) is 0.263. The number of carbonyl (C=O) groups is 2. The number of furan rings is 1. The minimum absolute atomic E-state index is 0.0871. The van der Waals surface area contributed by atoms with E-state index in [0.29, 0.717) is 33.4 Å². The Balaban J connectivity index is 1.85. The lowest BCUT2D eigenvalue weighted by Crippen LogP contribution is -2.40. The highest BCUT2D eigenvalue weighted by Gasteiger charge is 2.16. The van der Waals surface area contributed by atoms with Crippen molar-refractivity contribution < 1.29 is 14.0 Å². The van der Waals surface area contributed by atoms with Gasteiger partial charge < -0.3 is 9.73 Å². The van der Waals surface area contributed by atoms with E-state index in [1.807, 2.05) is 6.92 Å². The lowest BCUT2D eigenvalue weighted by molar-refractivity contribution is -0.117. The minimum Gasteiger partial charge on any atom is -0.467 e. The predicted octanol–water partition coefficient (Wildman–Crippen LogP) is 3.02. The van der Waals surface area contributed by atoms with Crippen LogP contribution in [0, 0.1) is 0 Å². The molecule has 2 N–H and O–H groups in total. The molecule has 0 atom stereocenters. The van der Waals surface area contributed by atoms with Crippen LogP contribution in [0.4, 0.5) is 4.79 Å². The molecule has 2 aromatic heterocycles. The number of urea groups is 1. The molecule has 0 spiro atoms. The first-order valence-corrected chi connectivity index (χ1v) is 10.3. The predicted molar refractivity (Wildman–Crippen MR) is 111 cm³/mol. The van der Waals surface area contributed by atoms with Gasteiger partial charge in [0.05, 0.1) is 29.5 Å². The summed E-state index contributed by atoms with van der Waals surface area (Å²) in [4.78, 5) is 41.2. The Hall–Kier alpha value is -2.78. The van der Waals surface area contributed by atoms with E-state index in [9.17, 15) is 14.4 Å². The smallest absolute Gasteiger partial charge is 0.321 e. The van der Waals surface area contributed by atoms with Crippen LogP contribution >= 0.6 is 23.4 Å². The summed E-state index contributed by atoms with van der Waals surface area (Å²) in [7, 11) is 0. The summed E-state index contributed by atoms with van der Waals surface area (Å²) in [6.45, 7) is 2.55. The van der Waals surface area contributed by atoms with Gasteiger partial charge in [-0.05, 0) is 36.8 Å². The van der Waals surface area contributed by atoms with Crippen LogP contribution in [0.2, 0.25) is 5.02 Å². The third kappa shape index (κ3) is 5.39. The van der Waals surface area contributed by atoms with Gasteiger partial charge in [0, 0.05) is 11.6 Å². The SMILES string of the molecule is CCCNC(=O)NC(=O)CSc1nc2cc(Cl)ccc2c(=O)n1Cc1ccco1. The van der Waals surface area contributed by atoms with Crippen molar-refractivity contribution in [2.45, 2.75) is 25.0 Å². The highest BCUT2D eigenvalue weighted by atomic mass is 35.5. The molecule has 2 heterocycles. The molecule has 0 aliphatic carbocycles. The third-order valence-corrected chi connectivity index (χ3v) is 5.11. The van der Waals surface area contributed by atoms with E-state index in [0.717, 1.165) is 18.2 Å². The molecule has 0 saturated heterocycles. The maximum absolute atomic E-state index is 13.0. The van der Waals surface area contributed by atoms with Crippen molar-refractivity contribution in [1.82, 2.24) is 20.2 Å². The summed E-state index contributed by atoms with van der Waals surface area (Å²) >= 11 is 7.08. The van der Waals surface area contributed by atoms with Crippen LogP contribution in [0.5, 0.6) is 0 Å². The molecular weight excluding hydrogens is 416 g/mol. The Morgan fingerprint density at radius 2 is 2.14 bits per heavy atom. The molecule has 10 heteroatoms. The molecule has 0 unspecified atom stereocenters. The molecule has 29 heavy (non-hydrogen) atoms. The summed E-state index contributed by atoms with van der Waals surface area (Å²) in [5, 5.41) is 6.00. The lowest BCUT2D eigenvalue weighted by Gasteiger charge is -2.12. The number of imide groups is 1. The molecular formula is C19H19ClN4O4S. The zero-order valence-electron chi connectivity index (χ0n) is 15.6. The van der Waals surface area contributed by atoms with Gasteiger partial charge in [0.1, 0.15) is 5.76 Å². The molecule has 3 rings (SSSR count). The van der Waals surface area contributed by atoms with E-state index in [2.05, 4.69) is 15.6 Å². The van der Waals surface area contributed by atoms with Crippen LogP contribution in [0.25, 0.3) is 10.9 Å². The maximum Gasteiger partial charge on any atom is 0.321 e. The van der Waals surface area contributed by atoms with Crippen LogP contribution < -0.4 is 16.2 Å². The van der Waals surface area contributed by atoms with Gasteiger partial charge in [-0.2, -0.15) is 0 Å². The number of amides is 3. The summed E-state index contributed by atoms with van der Waals surface area (Å²) in [5.41, 5.74) is 0.161. The van der Waals surface area contributed by atoms with Gasteiger partial charge in [0.15, 0.2) is 5.16 Å². The number of nitrogens with one attached hydrogen (secondary N) is 2. The molecule has 0 aliphatic heterocycles. The normalized spacial score (nSPS) is 10.8. The Labute approximate surface area is 175 Å². The zero-order valence-corrected chi connectivity index (χ0v) is 17.2. The monoisotopic (exact) mass is 434 g/mol. The van der Waals surface area contributed by atoms with Crippen molar-refractivity contribution >= 4 is 46.2 Å². The van der Waals surface area contributed by atoms with Crippen molar-refractivity contribution in [1.29, 1.82) is 0 Å². The number of fused-ring (bicyclic) bond motifs is 1. The molecule has 3 amide bonds. The lowest BCUT2D eigenvalue weighted by atomic mass is 10.2.